The van der Waals surface area contributed by atoms with Crippen LogP contribution in [0.3, 0.4) is 0 Å². The van der Waals surface area contributed by atoms with Crippen molar-refractivity contribution in [2.45, 2.75) is 70.2 Å². The molecule has 1 saturated heterocycles. The molecule has 208 valence electrons. The molecule has 9 nitrogen and oxygen atoms in total. The third-order valence-electron chi connectivity index (χ3n) is 8.02. The predicted octanol–water partition coefficient (Wildman–Crippen LogP) is 2.91. The van der Waals surface area contributed by atoms with Gasteiger partial charge in [-0.2, -0.15) is 0 Å². The van der Waals surface area contributed by atoms with Gasteiger partial charge in [-0.1, -0.05) is 18.2 Å². The summed E-state index contributed by atoms with van der Waals surface area (Å²) in [4.78, 5) is 41.6. The van der Waals surface area contributed by atoms with E-state index >= 15 is 0 Å². The summed E-state index contributed by atoms with van der Waals surface area (Å²) in [6.45, 7) is 1.78. The van der Waals surface area contributed by atoms with E-state index in [2.05, 4.69) is 16.7 Å². The molecule has 0 spiro atoms. The van der Waals surface area contributed by atoms with Crippen LogP contribution in [-0.2, 0) is 40.4 Å². The second-order valence-corrected chi connectivity index (χ2v) is 10.5. The second kappa shape index (κ2) is 12.1. The highest BCUT2D eigenvalue weighted by molar-refractivity contribution is 5.97. The van der Waals surface area contributed by atoms with Crippen molar-refractivity contribution in [3.8, 4) is 11.5 Å². The largest absolute Gasteiger partial charge is 0.493 e. The maximum absolute atomic E-state index is 13.9. The van der Waals surface area contributed by atoms with E-state index in [1.807, 2.05) is 29.2 Å². The molecule has 0 aliphatic carbocycles. The fraction of sp³-hybridized carbons (Fsp3) is 0.500. The minimum Gasteiger partial charge on any atom is -0.493 e. The minimum absolute atomic E-state index is 0.0711. The van der Waals surface area contributed by atoms with Gasteiger partial charge in [0.05, 0.1) is 27.4 Å². The molecule has 3 amide bonds. The maximum Gasteiger partial charge on any atom is 0.254 e. The monoisotopic (exact) mass is 535 g/mol. The Balaban J connectivity index is 1.38. The Morgan fingerprint density at radius 2 is 1.79 bits per heavy atom. The van der Waals surface area contributed by atoms with Gasteiger partial charge in [0, 0.05) is 43.6 Å². The van der Waals surface area contributed by atoms with Crippen LogP contribution in [0.5, 0.6) is 11.5 Å². The first-order valence-electron chi connectivity index (χ1n) is 13.8. The normalized spacial score (nSPS) is 21.9. The Kier molecular flexibility index (Phi) is 8.35. The van der Waals surface area contributed by atoms with Gasteiger partial charge in [-0.3, -0.25) is 14.4 Å². The zero-order valence-electron chi connectivity index (χ0n) is 22.7. The van der Waals surface area contributed by atoms with Crippen LogP contribution >= 0.6 is 0 Å². The van der Waals surface area contributed by atoms with Crippen molar-refractivity contribution in [1.29, 1.82) is 0 Å². The first-order chi connectivity index (χ1) is 19.0. The lowest BCUT2D eigenvalue weighted by Crippen LogP contribution is -2.48. The average molecular weight is 536 g/mol. The van der Waals surface area contributed by atoms with Crippen LogP contribution in [0.2, 0.25) is 0 Å². The Morgan fingerprint density at radius 1 is 0.949 bits per heavy atom. The lowest BCUT2D eigenvalue weighted by atomic mass is 10.0. The summed E-state index contributed by atoms with van der Waals surface area (Å²) in [5.74, 6) is 1.07. The summed E-state index contributed by atoms with van der Waals surface area (Å²) in [7, 11) is 3.22. The number of hydrogen-bond donors (Lipinski definition) is 2. The average Bonchev–Trinajstić information content (AvgIpc) is 3.58. The zero-order chi connectivity index (χ0) is 27.4. The fourth-order valence-electron chi connectivity index (χ4n) is 6.04. The van der Waals surface area contributed by atoms with Gasteiger partial charge in [-0.15, -0.1) is 0 Å². The van der Waals surface area contributed by atoms with Crippen LogP contribution in [0.4, 0.5) is 0 Å². The number of fused-ring (bicyclic) bond motifs is 5. The molecule has 3 heterocycles. The summed E-state index contributed by atoms with van der Waals surface area (Å²) in [6.07, 6.45) is 3.97. The Morgan fingerprint density at radius 3 is 2.62 bits per heavy atom. The van der Waals surface area contributed by atoms with Gasteiger partial charge in [-0.25, -0.2) is 0 Å². The number of methoxy groups -OCH3 is 2. The van der Waals surface area contributed by atoms with E-state index in [4.69, 9.17) is 14.2 Å². The quantitative estimate of drug-likeness (QED) is 0.626. The Labute approximate surface area is 229 Å². The molecule has 1 fully saturated rings. The molecular weight excluding hydrogens is 498 g/mol. The van der Waals surface area contributed by atoms with Gasteiger partial charge in [0.25, 0.3) is 5.91 Å². The topological polar surface area (TPSA) is 106 Å². The molecular formula is C30H37N3O6. The molecule has 0 unspecified atom stereocenters. The van der Waals surface area contributed by atoms with Gasteiger partial charge in [0.2, 0.25) is 11.8 Å². The molecule has 5 rings (SSSR count). The van der Waals surface area contributed by atoms with E-state index in [1.54, 1.807) is 14.2 Å². The molecule has 0 aromatic heterocycles. The second-order valence-electron chi connectivity index (χ2n) is 10.5. The Bertz CT molecular complexity index is 1250. The lowest BCUT2D eigenvalue weighted by molar-refractivity contribution is -0.123. The number of nitrogens with zero attached hydrogens (tertiary/aromatic N) is 1. The molecule has 2 atom stereocenters. The maximum atomic E-state index is 13.9. The first kappa shape index (κ1) is 27.0. The predicted molar refractivity (Wildman–Crippen MR) is 145 cm³/mol. The first-order valence-corrected chi connectivity index (χ1v) is 13.8. The number of amides is 3. The van der Waals surface area contributed by atoms with Crippen LogP contribution in [-0.4, -0.2) is 62.0 Å². The molecule has 0 radical (unpaired) electrons. The van der Waals surface area contributed by atoms with E-state index in [9.17, 15) is 14.4 Å². The zero-order valence-corrected chi connectivity index (χ0v) is 22.7. The van der Waals surface area contributed by atoms with Gasteiger partial charge in [0.1, 0.15) is 0 Å². The summed E-state index contributed by atoms with van der Waals surface area (Å²) in [5, 5.41) is 6.09. The summed E-state index contributed by atoms with van der Waals surface area (Å²) in [5.41, 5.74) is 4.56. The molecule has 2 N–H and O–H groups in total. The molecule has 2 aromatic carbocycles. The van der Waals surface area contributed by atoms with Crippen molar-refractivity contribution in [2.75, 3.05) is 27.3 Å². The SMILES string of the molecule is COc1cc2cc(c1OC)CCCNC(=O)C[C@@H]1CC[C@H](CNC(=O)CC2)N1C(=O)c1cccc2c1COC2. The number of nitrogens with one attached hydrogen (secondary N) is 2. The van der Waals surface area contributed by atoms with Crippen LogP contribution in [0.25, 0.3) is 0 Å². The number of hydrogen-bond acceptors (Lipinski definition) is 6. The van der Waals surface area contributed by atoms with Gasteiger partial charge in [-0.05, 0) is 66.5 Å². The van der Waals surface area contributed by atoms with Crippen molar-refractivity contribution in [1.82, 2.24) is 15.5 Å². The molecule has 9 heteroatoms. The van der Waals surface area contributed by atoms with Crippen molar-refractivity contribution in [2.24, 2.45) is 0 Å². The molecule has 0 saturated carbocycles. The van der Waals surface area contributed by atoms with E-state index in [0.29, 0.717) is 69.0 Å². The van der Waals surface area contributed by atoms with E-state index in [1.165, 1.54) is 0 Å². The van der Waals surface area contributed by atoms with Crippen molar-refractivity contribution in [3.05, 3.63) is 58.1 Å². The number of benzene rings is 2. The van der Waals surface area contributed by atoms with E-state index in [-0.39, 0.29) is 36.2 Å². The number of rotatable bonds is 3. The third kappa shape index (κ3) is 5.88. The summed E-state index contributed by atoms with van der Waals surface area (Å²) < 4.78 is 16.8. The van der Waals surface area contributed by atoms with Crippen molar-refractivity contribution < 1.29 is 28.6 Å². The highest BCUT2D eigenvalue weighted by Gasteiger charge is 2.39. The number of carbonyl (C=O) groups excluding carboxylic acids is 3. The fourth-order valence-corrected chi connectivity index (χ4v) is 6.04. The summed E-state index contributed by atoms with van der Waals surface area (Å²) >= 11 is 0. The van der Waals surface area contributed by atoms with Crippen molar-refractivity contribution >= 4 is 17.7 Å². The smallest absolute Gasteiger partial charge is 0.254 e. The minimum atomic E-state index is -0.229. The standard InChI is InChI=1S/C30H37N3O6/c1-37-26-14-19-8-11-27(34)32-16-23-10-9-22(15-28(35)31-12-4-6-20(13-19)29(26)38-2)33(23)30(36)24-7-3-5-21-17-39-18-25(21)24/h3,5,7,13-14,22-23H,4,6,8-12,15-18H2,1-2H3,(H,31,35)(H,32,34)/t22-,23+/m0/s1. The number of ether oxygens (including phenoxy) is 3. The van der Waals surface area contributed by atoms with Crippen LogP contribution in [0.15, 0.2) is 30.3 Å². The van der Waals surface area contributed by atoms with Crippen LogP contribution in [0, 0.1) is 0 Å². The molecule has 39 heavy (non-hydrogen) atoms. The highest BCUT2D eigenvalue weighted by Crippen LogP contribution is 2.34. The highest BCUT2D eigenvalue weighted by atomic mass is 16.5. The third-order valence-corrected chi connectivity index (χ3v) is 8.02. The number of aryl methyl sites for hydroxylation is 2. The molecule has 4 bridgehead atoms. The molecule has 2 aromatic rings. The number of carbonyl (C=O) groups is 3. The van der Waals surface area contributed by atoms with Gasteiger partial charge in [0.15, 0.2) is 11.5 Å². The molecule has 3 aliphatic rings. The van der Waals surface area contributed by atoms with E-state index in [0.717, 1.165) is 35.1 Å². The Hall–Kier alpha value is -3.59. The summed E-state index contributed by atoms with van der Waals surface area (Å²) in [6, 6.07) is 9.27. The van der Waals surface area contributed by atoms with Crippen molar-refractivity contribution in [3.63, 3.8) is 0 Å². The lowest BCUT2D eigenvalue weighted by Gasteiger charge is -2.31. The van der Waals surface area contributed by atoms with Gasteiger partial charge >= 0.3 is 0 Å². The van der Waals surface area contributed by atoms with Gasteiger partial charge < -0.3 is 29.7 Å². The molecule has 3 aliphatic heterocycles. The van der Waals surface area contributed by atoms with Crippen LogP contribution in [0.1, 0.15) is 64.7 Å². The van der Waals surface area contributed by atoms with E-state index < -0.39 is 0 Å². The van der Waals surface area contributed by atoms with Crippen LogP contribution < -0.4 is 20.1 Å².